The maximum atomic E-state index is 9.33. The Hall–Kier alpha value is -0.160. The van der Waals surface area contributed by atoms with Crippen LogP contribution < -0.4 is 5.32 Å². The van der Waals surface area contributed by atoms with E-state index in [9.17, 15) is 5.11 Å². The number of nitrogens with zero attached hydrogens (tertiary/aromatic N) is 1. The van der Waals surface area contributed by atoms with Crippen LogP contribution in [-0.2, 0) is 4.74 Å². The van der Waals surface area contributed by atoms with Crippen molar-refractivity contribution in [3.63, 3.8) is 0 Å². The minimum absolute atomic E-state index is 0.154. The second-order valence-corrected chi connectivity index (χ2v) is 7.32. The molecule has 1 heterocycles. The van der Waals surface area contributed by atoms with Crippen LogP contribution in [0.15, 0.2) is 0 Å². The van der Waals surface area contributed by atoms with Crippen LogP contribution in [0.2, 0.25) is 0 Å². The number of hydrogen-bond acceptors (Lipinski definition) is 4. The van der Waals surface area contributed by atoms with Gasteiger partial charge in [-0.05, 0) is 54.6 Å². The first kappa shape index (κ1) is 17.9. The van der Waals surface area contributed by atoms with Crippen molar-refractivity contribution in [3.8, 4) is 0 Å². The number of aliphatic hydroxyl groups is 1. The fraction of sp³-hybridized carbons (Fsp3) is 1.00. The topological polar surface area (TPSA) is 44.7 Å². The van der Waals surface area contributed by atoms with E-state index in [0.29, 0.717) is 12.0 Å². The molecule has 0 saturated carbocycles. The Morgan fingerprint density at radius 2 is 1.85 bits per heavy atom. The third kappa shape index (κ3) is 3.94. The molecule has 2 N–H and O–H groups in total. The van der Waals surface area contributed by atoms with Crippen LogP contribution in [-0.4, -0.2) is 60.0 Å². The molecule has 0 bridgehead atoms. The van der Waals surface area contributed by atoms with E-state index >= 15 is 0 Å². The quantitative estimate of drug-likeness (QED) is 0.750. The average molecular weight is 286 g/mol. The molecule has 4 nitrogen and oxygen atoms in total. The Morgan fingerprint density at radius 1 is 1.25 bits per heavy atom. The molecule has 120 valence electrons. The molecule has 3 atom stereocenters. The molecule has 4 heteroatoms. The van der Waals surface area contributed by atoms with Gasteiger partial charge in [0.1, 0.15) is 0 Å². The van der Waals surface area contributed by atoms with Crippen molar-refractivity contribution in [2.24, 2.45) is 5.92 Å². The molecule has 0 amide bonds. The van der Waals surface area contributed by atoms with E-state index in [4.69, 9.17) is 4.74 Å². The lowest BCUT2D eigenvalue weighted by Crippen LogP contribution is -2.52. The van der Waals surface area contributed by atoms with Crippen molar-refractivity contribution in [3.05, 3.63) is 0 Å². The van der Waals surface area contributed by atoms with Crippen LogP contribution in [0.4, 0.5) is 0 Å². The fourth-order valence-electron chi connectivity index (χ4n) is 3.35. The monoisotopic (exact) mass is 286 g/mol. The van der Waals surface area contributed by atoms with E-state index in [1.54, 1.807) is 0 Å². The van der Waals surface area contributed by atoms with E-state index in [2.05, 4.69) is 58.8 Å². The molecule has 0 aromatic heterocycles. The van der Waals surface area contributed by atoms with Crippen molar-refractivity contribution < 1.29 is 9.84 Å². The highest BCUT2D eigenvalue weighted by Gasteiger charge is 2.53. The molecule has 0 spiro atoms. The summed E-state index contributed by atoms with van der Waals surface area (Å²) in [6, 6.07) is 0.520. The van der Waals surface area contributed by atoms with Crippen molar-refractivity contribution in [1.29, 1.82) is 0 Å². The second kappa shape index (κ2) is 6.73. The van der Waals surface area contributed by atoms with Gasteiger partial charge in [0.25, 0.3) is 0 Å². The van der Waals surface area contributed by atoms with Crippen LogP contribution >= 0.6 is 0 Å². The minimum atomic E-state index is -0.160. The van der Waals surface area contributed by atoms with Gasteiger partial charge < -0.3 is 20.1 Å². The molecule has 0 aliphatic carbocycles. The molecule has 1 fully saturated rings. The van der Waals surface area contributed by atoms with Crippen molar-refractivity contribution in [1.82, 2.24) is 10.2 Å². The fourth-order valence-corrected chi connectivity index (χ4v) is 3.35. The standard InChI is InChI=1S/C16H34N2O2/c1-8-9-17-14-13(10-18(7)12(2)11-19)15(3,4)20-16(14,5)6/h12-14,17,19H,8-11H2,1-7H3. The van der Waals surface area contributed by atoms with Gasteiger partial charge >= 0.3 is 0 Å². The van der Waals surface area contributed by atoms with E-state index in [-0.39, 0.29) is 23.9 Å². The van der Waals surface area contributed by atoms with Crippen LogP contribution in [0.3, 0.4) is 0 Å². The number of nitrogens with one attached hydrogen (secondary N) is 1. The maximum absolute atomic E-state index is 9.33. The third-order valence-corrected chi connectivity index (χ3v) is 4.69. The first-order valence-electron chi connectivity index (χ1n) is 7.90. The number of aliphatic hydroxyl groups excluding tert-OH is 1. The Kier molecular flexibility index (Phi) is 6.02. The van der Waals surface area contributed by atoms with Gasteiger partial charge in [0.05, 0.1) is 17.8 Å². The van der Waals surface area contributed by atoms with Gasteiger partial charge in [-0.15, -0.1) is 0 Å². The molecule has 1 aliphatic heterocycles. The van der Waals surface area contributed by atoms with Crippen molar-refractivity contribution in [2.45, 2.75) is 71.2 Å². The first-order valence-corrected chi connectivity index (χ1v) is 7.90. The average Bonchev–Trinajstić information content (AvgIpc) is 2.51. The molecule has 1 rings (SSSR count). The SMILES string of the molecule is CCCNC1C(CN(C)C(C)CO)C(C)(C)OC1(C)C. The molecule has 3 unspecified atom stereocenters. The van der Waals surface area contributed by atoms with E-state index < -0.39 is 0 Å². The first-order chi connectivity index (χ1) is 9.15. The van der Waals surface area contributed by atoms with Crippen LogP contribution in [0.5, 0.6) is 0 Å². The van der Waals surface area contributed by atoms with Gasteiger partial charge in [-0.2, -0.15) is 0 Å². The number of likely N-dealkylation sites (N-methyl/N-ethyl adjacent to an activating group) is 1. The smallest absolute Gasteiger partial charge is 0.0790 e. The normalized spacial score (nSPS) is 29.9. The van der Waals surface area contributed by atoms with Gasteiger partial charge in [-0.25, -0.2) is 0 Å². The predicted octanol–water partition coefficient (Wildman–Crippen LogP) is 1.87. The van der Waals surface area contributed by atoms with Crippen LogP contribution in [0, 0.1) is 5.92 Å². The molecule has 1 saturated heterocycles. The summed E-state index contributed by atoms with van der Waals surface area (Å²) in [5, 5.41) is 13.0. The number of rotatable bonds is 7. The number of hydrogen-bond donors (Lipinski definition) is 2. The summed E-state index contributed by atoms with van der Waals surface area (Å²) in [5.74, 6) is 0.406. The third-order valence-electron chi connectivity index (χ3n) is 4.69. The van der Waals surface area contributed by atoms with Crippen LogP contribution in [0.1, 0.15) is 48.0 Å². The summed E-state index contributed by atoms with van der Waals surface area (Å²) in [6.07, 6.45) is 1.13. The van der Waals surface area contributed by atoms with Gasteiger partial charge in [0.2, 0.25) is 0 Å². The minimum Gasteiger partial charge on any atom is -0.395 e. The van der Waals surface area contributed by atoms with Gasteiger partial charge in [0.15, 0.2) is 0 Å². The zero-order valence-electron chi connectivity index (χ0n) is 14.4. The van der Waals surface area contributed by atoms with Crippen molar-refractivity contribution in [2.75, 3.05) is 26.7 Å². The molecule has 20 heavy (non-hydrogen) atoms. The molecule has 1 aliphatic rings. The summed E-state index contributed by atoms with van der Waals surface area (Å²) in [4.78, 5) is 2.23. The van der Waals surface area contributed by atoms with Gasteiger partial charge in [-0.3, -0.25) is 0 Å². The summed E-state index contributed by atoms with van der Waals surface area (Å²) in [7, 11) is 2.08. The lowest BCUT2D eigenvalue weighted by Gasteiger charge is -2.35. The zero-order chi connectivity index (χ0) is 15.6. The van der Waals surface area contributed by atoms with Gasteiger partial charge in [0, 0.05) is 24.5 Å². The Balaban J connectivity index is 2.86. The molecular formula is C16H34N2O2. The lowest BCUT2D eigenvalue weighted by molar-refractivity contribution is -0.0800. The van der Waals surface area contributed by atoms with Gasteiger partial charge in [-0.1, -0.05) is 6.92 Å². The molecule has 0 aromatic rings. The van der Waals surface area contributed by atoms with E-state index in [1.165, 1.54) is 0 Å². The predicted molar refractivity (Wildman–Crippen MR) is 84.0 cm³/mol. The Labute approximate surface area is 124 Å². The maximum Gasteiger partial charge on any atom is 0.0790 e. The van der Waals surface area contributed by atoms with E-state index in [1.807, 2.05) is 0 Å². The molecule has 0 aromatic carbocycles. The molecule has 0 radical (unpaired) electrons. The number of ether oxygens (including phenoxy) is 1. The summed E-state index contributed by atoms with van der Waals surface area (Å²) in [6.45, 7) is 15.1. The highest BCUT2D eigenvalue weighted by atomic mass is 16.5. The summed E-state index contributed by atoms with van der Waals surface area (Å²) >= 11 is 0. The highest BCUT2D eigenvalue weighted by molar-refractivity contribution is 5.06. The lowest BCUT2D eigenvalue weighted by atomic mass is 9.82. The largest absolute Gasteiger partial charge is 0.395 e. The summed E-state index contributed by atoms with van der Waals surface area (Å²) < 4.78 is 6.32. The highest BCUT2D eigenvalue weighted by Crippen LogP contribution is 2.42. The molecular weight excluding hydrogens is 252 g/mol. The second-order valence-electron chi connectivity index (χ2n) is 7.32. The van der Waals surface area contributed by atoms with Crippen LogP contribution in [0.25, 0.3) is 0 Å². The van der Waals surface area contributed by atoms with E-state index in [0.717, 1.165) is 19.5 Å². The Morgan fingerprint density at radius 3 is 2.35 bits per heavy atom. The zero-order valence-corrected chi connectivity index (χ0v) is 14.4. The van der Waals surface area contributed by atoms with Crippen molar-refractivity contribution >= 4 is 0 Å². The summed E-state index contributed by atoms with van der Waals surface area (Å²) in [5.41, 5.74) is -0.315. The Bertz CT molecular complexity index is 305.